The number of nitrogens with zero attached hydrogens (tertiary/aromatic N) is 2. The van der Waals surface area contributed by atoms with Crippen LogP contribution in [0, 0.1) is 0 Å². The highest BCUT2D eigenvalue weighted by atomic mass is 35.5. The molecule has 0 amide bonds. The molecule has 0 saturated carbocycles. The number of halogens is 1. The van der Waals surface area contributed by atoms with Crippen LogP contribution in [0.4, 0.5) is 5.13 Å². The third-order valence-corrected chi connectivity index (χ3v) is 4.34. The number of hydrazine groups is 1. The predicted molar refractivity (Wildman–Crippen MR) is 68.7 cm³/mol. The highest BCUT2D eigenvalue weighted by Gasteiger charge is 2.04. The first-order valence-electron chi connectivity index (χ1n) is 4.44. The predicted octanol–water partition coefficient (Wildman–Crippen LogP) is 2.77. The third-order valence-electron chi connectivity index (χ3n) is 1.75. The Morgan fingerprint density at radius 2 is 2.38 bits per heavy atom. The number of nitrogen functional groups attached to an aromatic ring is 1. The molecule has 0 unspecified atom stereocenters. The topological polar surface area (TPSA) is 63.8 Å². The van der Waals surface area contributed by atoms with Crippen molar-refractivity contribution in [3.8, 4) is 0 Å². The van der Waals surface area contributed by atoms with Gasteiger partial charge in [-0.15, -0.1) is 11.3 Å². The van der Waals surface area contributed by atoms with Crippen molar-refractivity contribution in [1.82, 2.24) is 9.97 Å². The smallest absolute Gasteiger partial charge is 0.197 e. The zero-order valence-corrected chi connectivity index (χ0v) is 10.6. The summed E-state index contributed by atoms with van der Waals surface area (Å²) in [5.74, 6) is 6.04. The van der Waals surface area contributed by atoms with E-state index in [0.717, 1.165) is 15.7 Å². The standard InChI is InChI=1S/C9H9ClN4S2/c10-7-2-1-3-12-8(7)15-5-6-4-13-9(14-11)16-6/h1-4H,5,11H2,(H,13,14). The SMILES string of the molecule is NNc1ncc(CSc2ncccc2Cl)s1. The van der Waals surface area contributed by atoms with Crippen molar-refractivity contribution in [2.24, 2.45) is 5.84 Å². The van der Waals surface area contributed by atoms with E-state index in [9.17, 15) is 0 Å². The molecule has 0 radical (unpaired) electrons. The van der Waals surface area contributed by atoms with Gasteiger partial charge in [0.15, 0.2) is 5.13 Å². The van der Waals surface area contributed by atoms with Crippen LogP contribution < -0.4 is 11.3 Å². The lowest BCUT2D eigenvalue weighted by molar-refractivity contribution is 1.13. The summed E-state index contributed by atoms with van der Waals surface area (Å²) in [6, 6.07) is 3.64. The van der Waals surface area contributed by atoms with Gasteiger partial charge in [-0.2, -0.15) is 0 Å². The fraction of sp³-hybridized carbons (Fsp3) is 0.111. The van der Waals surface area contributed by atoms with E-state index < -0.39 is 0 Å². The minimum atomic E-state index is 0.675. The van der Waals surface area contributed by atoms with Gasteiger partial charge in [0, 0.05) is 23.0 Å². The summed E-state index contributed by atoms with van der Waals surface area (Å²) in [6.07, 6.45) is 3.53. The second-order valence-corrected chi connectivity index (χ2v) is 5.34. The molecule has 2 rings (SSSR count). The zero-order chi connectivity index (χ0) is 11.4. The number of anilines is 1. The lowest BCUT2D eigenvalue weighted by atomic mass is 10.5. The Bertz CT molecular complexity index is 474. The van der Waals surface area contributed by atoms with Gasteiger partial charge in [-0.25, -0.2) is 15.8 Å². The molecule has 0 saturated heterocycles. The van der Waals surface area contributed by atoms with Crippen molar-refractivity contribution in [3.05, 3.63) is 34.4 Å². The number of thioether (sulfide) groups is 1. The first-order chi connectivity index (χ1) is 7.79. The molecule has 0 spiro atoms. The number of nitrogens with one attached hydrogen (secondary N) is 1. The molecule has 0 atom stereocenters. The fourth-order valence-electron chi connectivity index (χ4n) is 1.06. The molecule has 0 fully saturated rings. The Labute approximate surface area is 106 Å². The maximum atomic E-state index is 6.00. The van der Waals surface area contributed by atoms with E-state index in [1.807, 2.05) is 12.1 Å². The molecular formula is C9H9ClN4S2. The first-order valence-corrected chi connectivity index (χ1v) is 6.62. The number of nitrogens with two attached hydrogens (primary N) is 1. The van der Waals surface area contributed by atoms with E-state index in [1.54, 1.807) is 24.2 Å². The minimum Gasteiger partial charge on any atom is -0.300 e. The molecule has 0 aliphatic carbocycles. The first kappa shape index (κ1) is 11.7. The summed E-state index contributed by atoms with van der Waals surface area (Å²) in [5, 5.41) is 2.22. The van der Waals surface area contributed by atoms with Crippen LogP contribution in [0.25, 0.3) is 0 Å². The van der Waals surface area contributed by atoms with Crippen molar-refractivity contribution < 1.29 is 0 Å². The Balaban J connectivity index is 1.99. The highest BCUT2D eigenvalue weighted by molar-refractivity contribution is 7.98. The average molecular weight is 273 g/mol. The van der Waals surface area contributed by atoms with Crippen molar-refractivity contribution in [2.75, 3.05) is 5.43 Å². The third kappa shape index (κ3) is 2.85. The zero-order valence-electron chi connectivity index (χ0n) is 8.18. The Hall–Kier alpha value is -0.820. The van der Waals surface area contributed by atoms with Gasteiger partial charge < -0.3 is 0 Å². The van der Waals surface area contributed by atoms with Crippen LogP contribution in [0.2, 0.25) is 5.02 Å². The molecule has 2 heterocycles. The minimum absolute atomic E-state index is 0.675. The van der Waals surface area contributed by atoms with E-state index in [4.69, 9.17) is 17.4 Å². The van der Waals surface area contributed by atoms with Crippen molar-refractivity contribution in [2.45, 2.75) is 10.8 Å². The molecule has 0 aliphatic heterocycles. The fourth-order valence-corrected chi connectivity index (χ4v) is 2.97. The van der Waals surface area contributed by atoms with E-state index >= 15 is 0 Å². The van der Waals surface area contributed by atoms with Gasteiger partial charge in [-0.1, -0.05) is 23.4 Å². The largest absolute Gasteiger partial charge is 0.300 e. The van der Waals surface area contributed by atoms with Crippen LogP contribution in [-0.2, 0) is 5.75 Å². The number of hydrogen-bond acceptors (Lipinski definition) is 6. The Morgan fingerprint density at radius 1 is 1.50 bits per heavy atom. The number of pyridine rings is 1. The molecule has 4 nitrogen and oxygen atoms in total. The molecule has 2 aromatic heterocycles. The molecule has 2 aromatic rings. The van der Waals surface area contributed by atoms with Gasteiger partial charge in [-0.3, -0.25) is 5.43 Å². The molecule has 0 aliphatic rings. The van der Waals surface area contributed by atoms with E-state index in [2.05, 4.69) is 15.4 Å². The van der Waals surface area contributed by atoms with E-state index in [-0.39, 0.29) is 0 Å². The number of thiazole rings is 1. The van der Waals surface area contributed by atoms with E-state index in [1.165, 1.54) is 11.3 Å². The second-order valence-electron chi connectivity index (χ2n) is 2.86. The Morgan fingerprint density at radius 3 is 3.06 bits per heavy atom. The maximum Gasteiger partial charge on any atom is 0.197 e. The summed E-state index contributed by atoms with van der Waals surface area (Å²) in [6.45, 7) is 0. The summed E-state index contributed by atoms with van der Waals surface area (Å²) >= 11 is 9.10. The number of rotatable bonds is 4. The maximum absolute atomic E-state index is 6.00. The van der Waals surface area contributed by atoms with Gasteiger partial charge in [-0.05, 0) is 12.1 Å². The Kier molecular flexibility index (Phi) is 4.00. The van der Waals surface area contributed by atoms with Crippen molar-refractivity contribution >= 4 is 39.8 Å². The van der Waals surface area contributed by atoms with Crippen LogP contribution >= 0.6 is 34.7 Å². The molecule has 84 valence electrons. The van der Waals surface area contributed by atoms with Crippen LogP contribution in [0.3, 0.4) is 0 Å². The number of aromatic nitrogens is 2. The lowest BCUT2D eigenvalue weighted by Crippen LogP contribution is -2.05. The van der Waals surface area contributed by atoms with Crippen molar-refractivity contribution in [3.63, 3.8) is 0 Å². The monoisotopic (exact) mass is 272 g/mol. The van der Waals surface area contributed by atoms with Gasteiger partial charge in [0.05, 0.1) is 5.02 Å². The summed E-state index contributed by atoms with van der Waals surface area (Å²) in [4.78, 5) is 9.40. The number of hydrogen-bond donors (Lipinski definition) is 2. The lowest BCUT2D eigenvalue weighted by Gasteiger charge is -2.00. The van der Waals surface area contributed by atoms with Gasteiger partial charge in [0.25, 0.3) is 0 Å². The molecule has 7 heteroatoms. The van der Waals surface area contributed by atoms with Gasteiger partial charge in [0.1, 0.15) is 5.03 Å². The van der Waals surface area contributed by atoms with Crippen LogP contribution in [-0.4, -0.2) is 9.97 Å². The van der Waals surface area contributed by atoms with E-state index in [0.29, 0.717) is 10.2 Å². The molecule has 0 aromatic carbocycles. The molecular weight excluding hydrogens is 264 g/mol. The van der Waals surface area contributed by atoms with Crippen molar-refractivity contribution in [1.29, 1.82) is 0 Å². The quantitative estimate of drug-likeness (QED) is 0.509. The van der Waals surface area contributed by atoms with Crippen LogP contribution in [0.5, 0.6) is 0 Å². The van der Waals surface area contributed by atoms with Crippen LogP contribution in [0.1, 0.15) is 4.88 Å². The van der Waals surface area contributed by atoms with Gasteiger partial charge in [0.2, 0.25) is 0 Å². The molecule has 16 heavy (non-hydrogen) atoms. The van der Waals surface area contributed by atoms with Gasteiger partial charge >= 0.3 is 0 Å². The summed E-state index contributed by atoms with van der Waals surface area (Å²) < 4.78 is 0. The molecule has 0 bridgehead atoms. The summed E-state index contributed by atoms with van der Waals surface area (Å²) in [5.41, 5.74) is 2.51. The average Bonchev–Trinajstić information content (AvgIpc) is 2.76. The van der Waals surface area contributed by atoms with Crippen LogP contribution in [0.15, 0.2) is 29.6 Å². The molecule has 3 N–H and O–H groups in total. The summed E-state index contributed by atoms with van der Waals surface area (Å²) in [7, 11) is 0. The second kappa shape index (κ2) is 5.49. The highest BCUT2D eigenvalue weighted by Crippen LogP contribution is 2.29. The normalized spacial score (nSPS) is 10.4.